The number of carbonyl (C=O) groups excluding carboxylic acids is 2. The van der Waals surface area contributed by atoms with Gasteiger partial charge < -0.3 is 25.4 Å². The smallest absolute Gasteiger partial charge is 0.416 e. The number of benzene rings is 3. The number of alkyl halides is 3. The lowest BCUT2D eigenvalue weighted by Crippen LogP contribution is -2.48. The van der Waals surface area contributed by atoms with Gasteiger partial charge in [0, 0.05) is 37.3 Å². The zero-order chi connectivity index (χ0) is 32.3. The SMILES string of the molecule is CCCN(CCC)C(=O)c1cc(C)cc(C(=O)N[C@@H](Cc2cccc(C(F)(F)F)c2)[C@H](O)CNCc2cccc(OC)c2)c1. The van der Waals surface area contributed by atoms with Gasteiger partial charge in [-0.25, -0.2) is 0 Å². The van der Waals surface area contributed by atoms with Crippen LogP contribution in [0.4, 0.5) is 13.2 Å². The van der Waals surface area contributed by atoms with E-state index in [1.165, 1.54) is 18.2 Å². The Morgan fingerprint density at radius 3 is 2.25 bits per heavy atom. The van der Waals surface area contributed by atoms with Crippen molar-refractivity contribution in [3.05, 3.63) is 100 Å². The Morgan fingerprint density at radius 2 is 1.59 bits per heavy atom. The number of ether oxygens (including phenoxy) is 1. The van der Waals surface area contributed by atoms with Crippen molar-refractivity contribution in [3.63, 3.8) is 0 Å². The number of aryl methyl sites for hydroxylation is 1. The molecule has 7 nitrogen and oxygen atoms in total. The Bertz CT molecular complexity index is 1390. The van der Waals surface area contributed by atoms with Crippen LogP contribution in [0.5, 0.6) is 5.75 Å². The Kier molecular flexibility index (Phi) is 12.8. The van der Waals surface area contributed by atoms with Crippen molar-refractivity contribution >= 4 is 11.8 Å². The van der Waals surface area contributed by atoms with Gasteiger partial charge in [0.1, 0.15) is 5.75 Å². The first kappa shape index (κ1) is 34.6. The number of aliphatic hydroxyl groups is 1. The monoisotopic (exact) mass is 613 g/mol. The fourth-order valence-corrected chi connectivity index (χ4v) is 5.03. The lowest BCUT2D eigenvalue weighted by atomic mass is 9.98. The number of hydrogen-bond acceptors (Lipinski definition) is 5. The molecule has 0 aliphatic rings. The Labute approximate surface area is 257 Å². The summed E-state index contributed by atoms with van der Waals surface area (Å²) in [6.07, 6.45) is -4.12. The summed E-state index contributed by atoms with van der Waals surface area (Å²) in [5, 5.41) is 17.2. The van der Waals surface area contributed by atoms with Crippen LogP contribution < -0.4 is 15.4 Å². The molecule has 0 saturated heterocycles. The predicted molar refractivity (Wildman–Crippen MR) is 165 cm³/mol. The van der Waals surface area contributed by atoms with E-state index in [1.54, 1.807) is 31.1 Å². The number of aliphatic hydroxyl groups excluding tert-OH is 1. The van der Waals surface area contributed by atoms with Crippen LogP contribution in [0.25, 0.3) is 0 Å². The summed E-state index contributed by atoms with van der Waals surface area (Å²) in [5.41, 5.74) is 1.73. The summed E-state index contributed by atoms with van der Waals surface area (Å²) in [5.74, 6) is -0.0269. The molecule has 10 heteroatoms. The third-order valence-corrected chi connectivity index (χ3v) is 7.17. The number of hydrogen-bond donors (Lipinski definition) is 3. The van der Waals surface area contributed by atoms with E-state index in [1.807, 2.05) is 38.1 Å². The molecule has 0 aliphatic heterocycles. The lowest BCUT2D eigenvalue weighted by Gasteiger charge is -2.26. The van der Waals surface area contributed by atoms with Crippen LogP contribution in [0.15, 0.2) is 66.7 Å². The minimum absolute atomic E-state index is 0.0456. The summed E-state index contributed by atoms with van der Waals surface area (Å²) >= 11 is 0. The molecule has 0 bridgehead atoms. The van der Waals surface area contributed by atoms with Crippen molar-refractivity contribution in [3.8, 4) is 5.75 Å². The molecule has 0 spiro atoms. The molecular weight excluding hydrogens is 571 g/mol. The number of nitrogens with zero attached hydrogens (tertiary/aromatic N) is 1. The van der Waals surface area contributed by atoms with Crippen LogP contribution in [-0.2, 0) is 19.1 Å². The molecule has 3 N–H and O–H groups in total. The van der Waals surface area contributed by atoms with Crippen molar-refractivity contribution in [1.29, 1.82) is 0 Å². The van der Waals surface area contributed by atoms with Crippen LogP contribution in [0, 0.1) is 6.92 Å². The fraction of sp³-hybridized carbons (Fsp3) is 0.412. The molecule has 0 saturated carbocycles. The minimum Gasteiger partial charge on any atom is -0.497 e. The van der Waals surface area contributed by atoms with Crippen molar-refractivity contribution < 1.29 is 32.6 Å². The fourth-order valence-electron chi connectivity index (χ4n) is 5.03. The van der Waals surface area contributed by atoms with E-state index in [2.05, 4.69) is 10.6 Å². The highest BCUT2D eigenvalue weighted by Crippen LogP contribution is 2.30. The van der Waals surface area contributed by atoms with Gasteiger partial charge in [-0.1, -0.05) is 44.2 Å². The number of amides is 2. The molecule has 0 unspecified atom stereocenters. The minimum atomic E-state index is -4.53. The standard InChI is InChI=1S/C34H42F3N3O4/c1-5-13-40(14-6-2)33(43)27-16-23(3)15-26(20-27)32(42)39-30(19-24-9-7-11-28(17-24)34(35,36)37)31(41)22-38-21-25-10-8-12-29(18-25)44-4/h7-12,15-18,20,30-31,38,41H,5-6,13-14,19,21-22H2,1-4H3,(H,39,42)/t30-,31+/m0/s1. The summed E-state index contributed by atoms with van der Waals surface area (Å²) in [4.78, 5) is 28.5. The van der Waals surface area contributed by atoms with E-state index >= 15 is 0 Å². The van der Waals surface area contributed by atoms with Crippen molar-refractivity contribution in [2.45, 2.75) is 64.9 Å². The maximum absolute atomic E-state index is 13.5. The molecule has 44 heavy (non-hydrogen) atoms. The van der Waals surface area contributed by atoms with Gasteiger partial charge in [-0.2, -0.15) is 13.2 Å². The summed E-state index contributed by atoms with van der Waals surface area (Å²) in [6.45, 7) is 7.41. The Hall–Kier alpha value is -3.89. The molecule has 2 amide bonds. The third kappa shape index (κ3) is 10.1. The maximum Gasteiger partial charge on any atom is 0.416 e. The second-order valence-corrected chi connectivity index (χ2v) is 10.9. The van der Waals surface area contributed by atoms with Gasteiger partial charge in [0.05, 0.1) is 24.8 Å². The maximum atomic E-state index is 13.5. The van der Waals surface area contributed by atoms with Gasteiger partial charge >= 0.3 is 6.18 Å². The molecule has 3 rings (SSSR count). The molecule has 3 aromatic carbocycles. The van der Waals surface area contributed by atoms with Crippen LogP contribution in [0.3, 0.4) is 0 Å². The highest BCUT2D eigenvalue weighted by atomic mass is 19.4. The molecule has 0 aliphatic carbocycles. The van der Waals surface area contributed by atoms with E-state index in [9.17, 15) is 27.9 Å². The van der Waals surface area contributed by atoms with Gasteiger partial charge in [0.2, 0.25) is 0 Å². The second-order valence-electron chi connectivity index (χ2n) is 10.9. The molecule has 238 valence electrons. The van der Waals surface area contributed by atoms with Crippen LogP contribution in [0.2, 0.25) is 0 Å². The van der Waals surface area contributed by atoms with Crippen LogP contribution >= 0.6 is 0 Å². The summed E-state index contributed by atoms with van der Waals surface area (Å²) in [7, 11) is 1.57. The zero-order valence-corrected chi connectivity index (χ0v) is 25.7. The normalized spacial score (nSPS) is 12.8. The van der Waals surface area contributed by atoms with Crippen molar-refractivity contribution in [2.24, 2.45) is 0 Å². The summed E-state index contributed by atoms with van der Waals surface area (Å²) < 4.78 is 45.5. The van der Waals surface area contributed by atoms with E-state index < -0.39 is 29.8 Å². The average molecular weight is 614 g/mol. The number of methoxy groups -OCH3 is 1. The topological polar surface area (TPSA) is 90.9 Å². The molecule has 0 heterocycles. The molecule has 2 atom stereocenters. The van der Waals surface area contributed by atoms with Crippen molar-refractivity contribution in [1.82, 2.24) is 15.5 Å². The number of halogens is 3. The van der Waals surface area contributed by atoms with Gasteiger partial charge in [-0.05, 0) is 79.3 Å². The number of nitrogens with one attached hydrogen (secondary N) is 2. The molecule has 0 radical (unpaired) electrons. The highest BCUT2D eigenvalue weighted by molar-refractivity contribution is 6.00. The highest BCUT2D eigenvalue weighted by Gasteiger charge is 2.31. The van der Waals surface area contributed by atoms with E-state index in [0.717, 1.165) is 30.5 Å². The quantitative estimate of drug-likeness (QED) is 0.202. The molecule has 3 aromatic rings. The largest absolute Gasteiger partial charge is 0.497 e. The third-order valence-electron chi connectivity index (χ3n) is 7.17. The van der Waals surface area contributed by atoms with Crippen molar-refractivity contribution in [2.75, 3.05) is 26.7 Å². The second kappa shape index (κ2) is 16.3. The van der Waals surface area contributed by atoms with E-state index in [-0.39, 0.29) is 24.4 Å². The summed E-state index contributed by atoms with van der Waals surface area (Å²) in [6, 6.07) is 16.2. The Morgan fingerprint density at radius 1 is 0.932 bits per heavy atom. The average Bonchev–Trinajstić information content (AvgIpc) is 2.99. The van der Waals surface area contributed by atoms with E-state index in [4.69, 9.17) is 4.74 Å². The molecule has 0 aromatic heterocycles. The van der Waals surface area contributed by atoms with Gasteiger partial charge in [-0.15, -0.1) is 0 Å². The first-order valence-corrected chi connectivity index (χ1v) is 14.8. The van der Waals surface area contributed by atoms with Gasteiger partial charge in [0.15, 0.2) is 0 Å². The number of carbonyl (C=O) groups is 2. The number of rotatable bonds is 15. The van der Waals surface area contributed by atoms with Crippen LogP contribution in [0.1, 0.15) is 69.7 Å². The first-order valence-electron chi connectivity index (χ1n) is 14.8. The molecular formula is C34H42F3N3O4. The van der Waals surface area contributed by atoms with Gasteiger partial charge in [-0.3, -0.25) is 9.59 Å². The predicted octanol–water partition coefficient (Wildman–Crippen LogP) is 5.78. The Balaban J connectivity index is 1.83. The first-order chi connectivity index (χ1) is 20.9. The van der Waals surface area contributed by atoms with Crippen LogP contribution in [-0.4, -0.2) is 60.7 Å². The van der Waals surface area contributed by atoms with E-state index in [0.29, 0.717) is 42.1 Å². The van der Waals surface area contributed by atoms with Gasteiger partial charge in [0.25, 0.3) is 11.8 Å². The molecule has 0 fully saturated rings. The lowest BCUT2D eigenvalue weighted by molar-refractivity contribution is -0.137. The zero-order valence-electron chi connectivity index (χ0n) is 25.7.